The van der Waals surface area contributed by atoms with E-state index in [2.05, 4.69) is 40.6 Å². The first-order valence-electron chi connectivity index (χ1n) is 10.4. The van der Waals surface area contributed by atoms with Crippen LogP contribution in [-0.4, -0.2) is 24.7 Å². The van der Waals surface area contributed by atoms with Gasteiger partial charge in [0.15, 0.2) is 17.8 Å². The van der Waals surface area contributed by atoms with Crippen LogP contribution >= 0.6 is 22.9 Å². The number of anilines is 3. The summed E-state index contributed by atoms with van der Waals surface area (Å²) in [7, 11) is 0. The van der Waals surface area contributed by atoms with Gasteiger partial charge in [0, 0.05) is 41.3 Å². The molecule has 0 saturated carbocycles. The van der Waals surface area contributed by atoms with Crippen LogP contribution in [-0.2, 0) is 4.79 Å². The minimum Gasteiger partial charge on any atom is -0.372 e. The lowest BCUT2D eigenvalue weighted by Gasteiger charge is -2.31. The van der Waals surface area contributed by atoms with Crippen LogP contribution in [0.1, 0.15) is 30.8 Å². The standard InChI is InChI=1S/C24H23ClN4OS/c1-17(30)23-26-29(21-8-6-18(25)7-9-21)24(22-5-4-16-31-22)28(23)20-12-10-19(11-13-20)27-14-2-3-15-27/h4-13,16,24H,2-3,14-15H2,1H3/t24-/m1/s1. The summed E-state index contributed by atoms with van der Waals surface area (Å²) in [4.78, 5) is 18.2. The third kappa shape index (κ3) is 3.82. The molecule has 5 rings (SSSR count). The first-order chi connectivity index (χ1) is 15.1. The van der Waals surface area contributed by atoms with Crippen molar-refractivity contribution in [2.24, 2.45) is 5.10 Å². The number of halogens is 1. The molecule has 3 heterocycles. The van der Waals surface area contributed by atoms with Crippen molar-refractivity contribution >= 4 is 51.6 Å². The summed E-state index contributed by atoms with van der Waals surface area (Å²) in [5, 5.41) is 9.39. The molecule has 0 bridgehead atoms. The Labute approximate surface area is 191 Å². The van der Waals surface area contributed by atoms with Crippen molar-refractivity contribution in [2.45, 2.75) is 25.9 Å². The molecule has 0 unspecified atom stereocenters. The zero-order chi connectivity index (χ0) is 21.4. The highest BCUT2D eigenvalue weighted by Crippen LogP contribution is 2.41. The molecule has 1 atom stereocenters. The van der Waals surface area contributed by atoms with Crippen LogP contribution in [0.15, 0.2) is 71.1 Å². The summed E-state index contributed by atoms with van der Waals surface area (Å²) in [6, 6.07) is 20.2. The lowest BCUT2D eigenvalue weighted by molar-refractivity contribution is -0.111. The number of ketones is 1. The topological polar surface area (TPSA) is 39.2 Å². The van der Waals surface area contributed by atoms with Gasteiger partial charge in [0.1, 0.15) is 0 Å². The molecule has 0 spiro atoms. The molecular weight excluding hydrogens is 428 g/mol. The molecule has 1 aromatic heterocycles. The average Bonchev–Trinajstić information content (AvgIpc) is 3.54. The van der Waals surface area contributed by atoms with Crippen molar-refractivity contribution in [2.75, 3.05) is 27.9 Å². The Hall–Kier alpha value is -2.83. The summed E-state index contributed by atoms with van der Waals surface area (Å²) >= 11 is 7.76. The van der Waals surface area contributed by atoms with Gasteiger partial charge in [-0.25, -0.2) is 5.01 Å². The number of hydrogen-bond donors (Lipinski definition) is 0. The van der Waals surface area contributed by atoms with Gasteiger partial charge < -0.3 is 4.90 Å². The molecular formula is C24H23ClN4OS. The van der Waals surface area contributed by atoms with Crippen molar-refractivity contribution < 1.29 is 4.79 Å². The number of Topliss-reactive ketones (excluding diaryl/α,β-unsaturated/α-hetero) is 1. The quantitative estimate of drug-likeness (QED) is 0.483. The smallest absolute Gasteiger partial charge is 0.198 e. The van der Waals surface area contributed by atoms with Crippen LogP contribution in [0.5, 0.6) is 0 Å². The van der Waals surface area contributed by atoms with Gasteiger partial charge in [0.25, 0.3) is 0 Å². The van der Waals surface area contributed by atoms with E-state index < -0.39 is 0 Å². The Balaban J connectivity index is 1.57. The molecule has 0 amide bonds. The molecule has 0 N–H and O–H groups in total. The van der Waals surface area contributed by atoms with E-state index in [4.69, 9.17) is 16.7 Å². The van der Waals surface area contributed by atoms with E-state index in [1.807, 2.05) is 40.2 Å². The van der Waals surface area contributed by atoms with Crippen molar-refractivity contribution in [3.63, 3.8) is 0 Å². The summed E-state index contributed by atoms with van der Waals surface area (Å²) < 4.78 is 0. The van der Waals surface area contributed by atoms with Gasteiger partial charge in [-0.05, 0) is 72.8 Å². The van der Waals surface area contributed by atoms with E-state index in [1.165, 1.54) is 18.5 Å². The fourth-order valence-corrected chi connectivity index (χ4v) is 5.14. The molecule has 158 valence electrons. The SMILES string of the molecule is CC(=O)C1=NN(c2ccc(Cl)cc2)[C@H](c2cccs2)N1c1ccc(N2CCCC2)cc1. The maximum atomic E-state index is 12.6. The van der Waals surface area contributed by atoms with Crippen LogP contribution in [0, 0.1) is 0 Å². The largest absolute Gasteiger partial charge is 0.372 e. The number of amidine groups is 1. The summed E-state index contributed by atoms with van der Waals surface area (Å²) in [6.07, 6.45) is 2.24. The number of thiophene rings is 1. The minimum atomic E-state index is -0.238. The third-order valence-electron chi connectivity index (χ3n) is 5.71. The number of rotatable bonds is 5. The van der Waals surface area contributed by atoms with Crippen LogP contribution in [0.2, 0.25) is 5.02 Å². The summed E-state index contributed by atoms with van der Waals surface area (Å²) in [5.41, 5.74) is 3.06. The Morgan fingerprint density at radius 2 is 1.61 bits per heavy atom. The number of carbonyl (C=O) groups excluding carboxylic acids is 1. The van der Waals surface area contributed by atoms with Crippen molar-refractivity contribution in [1.82, 2.24) is 0 Å². The third-order valence-corrected chi connectivity index (χ3v) is 6.87. The van der Waals surface area contributed by atoms with Gasteiger partial charge in [-0.2, -0.15) is 0 Å². The number of carbonyl (C=O) groups is 1. The zero-order valence-electron chi connectivity index (χ0n) is 17.2. The number of hydrazone groups is 1. The lowest BCUT2D eigenvalue weighted by Crippen LogP contribution is -2.37. The fraction of sp³-hybridized carbons (Fsp3) is 0.250. The van der Waals surface area contributed by atoms with E-state index in [0.29, 0.717) is 10.9 Å². The Kier molecular flexibility index (Phi) is 5.42. The van der Waals surface area contributed by atoms with Gasteiger partial charge in [0.05, 0.1) is 5.69 Å². The molecule has 1 saturated heterocycles. The molecule has 0 aliphatic carbocycles. The van der Waals surface area contributed by atoms with Gasteiger partial charge >= 0.3 is 0 Å². The first-order valence-corrected chi connectivity index (χ1v) is 11.7. The monoisotopic (exact) mass is 450 g/mol. The maximum Gasteiger partial charge on any atom is 0.198 e. The van der Waals surface area contributed by atoms with Crippen molar-refractivity contribution in [1.29, 1.82) is 0 Å². The predicted octanol–water partition coefficient (Wildman–Crippen LogP) is 5.93. The van der Waals surface area contributed by atoms with E-state index in [0.717, 1.165) is 29.3 Å². The molecule has 2 aromatic carbocycles. The first kappa shape index (κ1) is 20.1. The molecule has 5 nitrogen and oxygen atoms in total. The molecule has 1 fully saturated rings. The van der Waals surface area contributed by atoms with Gasteiger partial charge in [-0.15, -0.1) is 16.4 Å². The predicted molar refractivity (Wildman–Crippen MR) is 129 cm³/mol. The minimum absolute atomic E-state index is 0.0679. The highest BCUT2D eigenvalue weighted by atomic mass is 35.5. The van der Waals surface area contributed by atoms with Gasteiger partial charge in [-0.1, -0.05) is 17.7 Å². The van der Waals surface area contributed by atoms with Crippen LogP contribution < -0.4 is 14.8 Å². The fourth-order valence-electron chi connectivity index (χ4n) is 4.21. The lowest BCUT2D eigenvalue weighted by atomic mass is 10.2. The van der Waals surface area contributed by atoms with E-state index in [-0.39, 0.29) is 11.9 Å². The molecule has 3 aromatic rings. The van der Waals surface area contributed by atoms with E-state index in [1.54, 1.807) is 18.3 Å². The number of nitrogens with zero attached hydrogens (tertiary/aromatic N) is 4. The van der Waals surface area contributed by atoms with Crippen LogP contribution in [0.4, 0.5) is 17.1 Å². The average molecular weight is 451 g/mol. The van der Waals surface area contributed by atoms with Crippen molar-refractivity contribution in [3.8, 4) is 0 Å². The maximum absolute atomic E-state index is 12.6. The van der Waals surface area contributed by atoms with Crippen LogP contribution in [0.25, 0.3) is 0 Å². The second-order valence-electron chi connectivity index (χ2n) is 7.77. The van der Waals surface area contributed by atoms with E-state index >= 15 is 0 Å². The summed E-state index contributed by atoms with van der Waals surface area (Å²) in [6.45, 7) is 3.78. The summed E-state index contributed by atoms with van der Waals surface area (Å²) in [5.74, 6) is 0.365. The normalized spacial score (nSPS) is 18.6. The highest BCUT2D eigenvalue weighted by Gasteiger charge is 2.39. The Morgan fingerprint density at radius 3 is 2.23 bits per heavy atom. The molecule has 31 heavy (non-hydrogen) atoms. The van der Waals surface area contributed by atoms with Gasteiger partial charge in [-0.3, -0.25) is 9.69 Å². The van der Waals surface area contributed by atoms with E-state index in [9.17, 15) is 4.79 Å². The Bertz CT molecular complexity index is 1090. The van der Waals surface area contributed by atoms with Gasteiger partial charge in [0.2, 0.25) is 0 Å². The second kappa shape index (κ2) is 8.36. The zero-order valence-corrected chi connectivity index (χ0v) is 18.8. The van der Waals surface area contributed by atoms with Crippen LogP contribution in [0.3, 0.4) is 0 Å². The number of benzene rings is 2. The molecule has 7 heteroatoms. The number of hydrogen-bond acceptors (Lipinski definition) is 6. The second-order valence-corrected chi connectivity index (χ2v) is 9.19. The molecule has 2 aliphatic heterocycles. The Morgan fingerprint density at radius 1 is 0.968 bits per heavy atom. The molecule has 0 radical (unpaired) electrons. The highest BCUT2D eigenvalue weighted by molar-refractivity contribution is 7.10. The van der Waals surface area contributed by atoms with Crippen molar-refractivity contribution in [3.05, 3.63) is 75.9 Å². The molecule has 2 aliphatic rings.